The van der Waals surface area contributed by atoms with Crippen LogP contribution in [0.25, 0.3) is 17.2 Å². The Bertz CT molecular complexity index is 1010. The fourth-order valence-corrected chi connectivity index (χ4v) is 3.42. The van der Waals surface area contributed by atoms with Crippen LogP contribution in [0, 0.1) is 13.8 Å². The van der Waals surface area contributed by atoms with Gasteiger partial charge in [-0.3, -0.25) is 0 Å². The molecule has 0 aromatic carbocycles. The molecule has 0 bridgehead atoms. The quantitative estimate of drug-likeness (QED) is 0.669. The number of aryl methyl sites for hydroxylation is 2. The number of nitrogens with zero attached hydrogens (tertiary/aromatic N) is 6. The number of fused-ring (bicyclic) bond motifs is 1. The van der Waals surface area contributed by atoms with Crippen LogP contribution in [0.5, 0.6) is 0 Å². The van der Waals surface area contributed by atoms with Crippen LogP contribution >= 0.6 is 0 Å². The summed E-state index contributed by atoms with van der Waals surface area (Å²) in [5.41, 5.74) is 1.98. The van der Waals surface area contributed by atoms with E-state index in [-0.39, 0.29) is 12.0 Å². The second kappa shape index (κ2) is 6.57. The van der Waals surface area contributed by atoms with Crippen molar-refractivity contribution in [2.24, 2.45) is 0 Å². The van der Waals surface area contributed by atoms with Gasteiger partial charge in [-0.15, -0.1) is 0 Å². The zero-order valence-corrected chi connectivity index (χ0v) is 16.8. The van der Waals surface area contributed by atoms with E-state index in [1.807, 2.05) is 34.6 Å². The van der Waals surface area contributed by atoms with Gasteiger partial charge in [0.2, 0.25) is 5.89 Å². The number of likely N-dealkylation sites (tertiary alicyclic amines) is 1. The van der Waals surface area contributed by atoms with Crippen molar-refractivity contribution in [1.29, 1.82) is 0 Å². The number of ether oxygens (including phenoxy) is 1. The third-order valence-corrected chi connectivity index (χ3v) is 4.83. The lowest BCUT2D eigenvalue weighted by molar-refractivity contribution is 0.0292. The molecule has 1 amide bonds. The number of amides is 1. The first-order valence-electron chi connectivity index (χ1n) is 9.34. The molecule has 4 heterocycles. The molecule has 28 heavy (non-hydrogen) atoms. The van der Waals surface area contributed by atoms with Gasteiger partial charge in [-0.05, 0) is 41.0 Å². The molecule has 0 saturated carbocycles. The van der Waals surface area contributed by atoms with E-state index in [4.69, 9.17) is 9.15 Å². The van der Waals surface area contributed by atoms with Crippen LogP contribution in [-0.2, 0) is 4.74 Å². The zero-order chi connectivity index (χ0) is 20.1. The second-order valence-corrected chi connectivity index (χ2v) is 8.10. The number of hydrogen-bond donors (Lipinski definition) is 0. The molecular formula is C19H24N6O3. The Hall–Kier alpha value is -2.97. The van der Waals surface area contributed by atoms with Crippen LogP contribution in [0.4, 0.5) is 4.79 Å². The molecule has 0 aliphatic carbocycles. The van der Waals surface area contributed by atoms with E-state index < -0.39 is 5.60 Å². The Labute approximate surface area is 162 Å². The standard InChI is InChI=1S/C19H24N6O3/c1-11-12(2)27-16(23-11)14-8-20-17-21-10-22-25(17)15(14)13-6-7-24(9-13)18(26)28-19(3,4)5/h8,10,13H,6-7,9H2,1-5H3. The minimum absolute atomic E-state index is 0.0437. The second-order valence-electron chi connectivity index (χ2n) is 8.10. The fourth-order valence-electron chi connectivity index (χ4n) is 3.42. The van der Waals surface area contributed by atoms with Crippen molar-refractivity contribution in [3.63, 3.8) is 0 Å². The van der Waals surface area contributed by atoms with Crippen LogP contribution in [0.2, 0.25) is 0 Å². The lowest BCUT2D eigenvalue weighted by Gasteiger charge is -2.24. The van der Waals surface area contributed by atoms with Crippen molar-refractivity contribution in [3.05, 3.63) is 29.7 Å². The van der Waals surface area contributed by atoms with Crippen molar-refractivity contribution in [2.45, 2.75) is 52.6 Å². The maximum Gasteiger partial charge on any atom is 0.410 e. The average Bonchev–Trinajstić information content (AvgIpc) is 3.33. The summed E-state index contributed by atoms with van der Waals surface area (Å²) in [6, 6.07) is 0. The van der Waals surface area contributed by atoms with Gasteiger partial charge in [-0.25, -0.2) is 19.3 Å². The summed E-state index contributed by atoms with van der Waals surface area (Å²) < 4.78 is 13.1. The maximum atomic E-state index is 12.5. The highest BCUT2D eigenvalue weighted by Crippen LogP contribution is 2.35. The van der Waals surface area contributed by atoms with Gasteiger partial charge in [0.25, 0.3) is 5.78 Å². The van der Waals surface area contributed by atoms with Gasteiger partial charge in [-0.2, -0.15) is 10.1 Å². The summed E-state index contributed by atoms with van der Waals surface area (Å²) in [4.78, 5) is 27.3. The first kappa shape index (κ1) is 18.4. The largest absolute Gasteiger partial charge is 0.444 e. The molecule has 1 saturated heterocycles. The molecule has 1 aliphatic heterocycles. The predicted molar refractivity (Wildman–Crippen MR) is 101 cm³/mol. The molecule has 9 nitrogen and oxygen atoms in total. The molecule has 148 valence electrons. The summed E-state index contributed by atoms with van der Waals surface area (Å²) in [7, 11) is 0. The third kappa shape index (κ3) is 3.32. The lowest BCUT2D eigenvalue weighted by atomic mass is 10.00. The van der Waals surface area contributed by atoms with Gasteiger partial charge in [0, 0.05) is 25.2 Å². The van der Waals surface area contributed by atoms with Gasteiger partial charge in [0.15, 0.2) is 0 Å². The first-order chi connectivity index (χ1) is 13.2. The lowest BCUT2D eigenvalue weighted by Crippen LogP contribution is -2.35. The van der Waals surface area contributed by atoms with Crippen molar-refractivity contribution >= 4 is 11.9 Å². The molecule has 9 heteroatoms. The molecule has 0 spiro atoms. The van der Waals surface area contributed by atoms with E-state index in [1.165, 1.54) is 6.33 Å². The summed E-state index contributed by atoms with van der Waals surface area (Å²) in [6.07, 6.45) is 3.68. The molecule has 3 aromatic rings. The fraction of sp³-hybridized carbons (Fsp3) is 0.526. The summed E-state index contributed by atoms with van der Waals surface area (Å²) in [6.45, 7) is 10.5. The Kier molecular flexibility index (Phi) is 4.32. The Morgan fingerprint density at radius 2 is 2.07 bits per heavy atom. The Balaban J connectivity index is 1.71. The Morgan fingerprint density at radius 3 is 2.75 bits per heavy atom. The molecule has 4 rings (SSSR count). The number of aromatic nitrogens is 5. The van der Waals surface area contributed by atoms with Gasteiger partial charge >= 0.3 is 6.09 Å². The molecule has 3 aromatic heterocycles. The number of carbonyl (C=O) groups excluding carboxylic acids is 1. The predicted octanol–water partition coefficient (Wildman–Crippen LogP) is 3.12. The smallest absolute Gasteiger partial charge is 0.410 e. The summed E-state index contributed by atoms with van der Waals surface area (Å²) in [5.74, 6) is 1.82. The highest BCUT2D eigenvalue weighted by Gasteiger charge is 2.34. The highest BCUT2D eigenvalue weighted by atomic mass is 16.6. The topological polar surface area (TPSA) is 98.7 Å². The summed E-state index contributed by atoms with van der Waals surface area (Å²) >= 11 is 0. The molecule has 1 unspecified atom stereocenters. The minimum atomic E-state index is -0.524. The summed E-state index contributed by atoms with van der Waals surface area (Å²) in [5, 5.41) is 4.35. The first-order valence-corrected chi connectivity index (χ1v) is 9.34. The van der Waals surface area contributed by atoms with Crippen molar-refractivity contribution in [1.82, 2.24) is 29.5 Å². The molecule has 1 atom stereocenters. The minimum Gasteiger partial charge on any atom is -0.444 e. The van der Waals surface area contributed by atoms with E-state index in [1.54, 1.807) is 15.6 Å². The van der Waals surface area contributed by atoms with Crippen LogP contribution in [0.3, 0.4) is 0 Å². The number of rotatable bonds is 2. The van der Waals surface area contributed by atoms with Crippen LogP contribution in [0.1, 0.15) is 50.3 Å². The average molecular weight is 384 g/mol. The molecule has 0 N–H and O–H groups in total. The van der Waals surface area contributed by atoms with Gasteiger partial charge < -0.3 is 14.1 Å². The normalized spacial score (nSPS) is 17.5. The van der Waals surface area contributed by atoms with Crippen LogP contribution in [0.15, 0.2) is 16.9 Å². The SMILES string of the molecule is Cc1nc(-c2cnc3ncnn3c2C2CCN(C(=O)OC(C)(C)C)C2)oc1C. The van der Waals surface area contributed by atoms with E-state index in [9.17, 15) is 4.79 Å². The number of hydrogen-bond acceptors (Lipinski definition) is 7. The van der Waals surface area contributed by atoms with E-state index >= 15 is 0 Å². The van der Waals surface area contributed by atoms with E-state index in [0.29, 0.717) is 24.8 Å². The van der Waals surface area contributed by atoms with Crippen LogP contribution in [-0.4, -0.2) is 54.2 Å². The van der Waals surface area contributed by atoms with E-state index in [0.717, 1.165) is 29.1 Å². The van der Waals surface area contributed by atoms with Gasteiger partial charge in [0.05, 0.1) is 17.0 Å². The highest BCUT2D eigenvalue weighted by molar-refractivity contribution is 5.69. The monoisotopic (exact) mass is 384 g/mol. The van der Waals surface area contributed by atoms with Gasteiger partial charge in [0.1, 0.15) is 17.7 Å². The molecule has 0 radical (unpaired) electrons. The van der Waals surface area contributed by atoms with E-state index in [2.05, 4.69) is 20.1 Å². The van der Waals surface area contributed by atoms with Crippen LogP contribution < -0.4 is 0 Å². The zero-order valence-electron chi connectivity index (χ0n) is 16.8. The Morgan fingerprint density at radius 1 is 1.29 bits per heavy atom. The molecular weight excluding hydrogens is 360 g/mol. The van der Waals surface area contributed by atoms with Gasteiger partial charge in [-0.1, -0.05) is 0 Å². The van der Waals surface area contributed by atoms with Crippen molar-refractivity contribution in [2.75, 3.05) is 13.1 Å². The third-order valence-electron chi connectivity index (χ3n) is 4.83. The maximum absolute atomic E-state index is 12.5. The number of oxazole rings is 1. The van der Waals surface area contributed by atoms with Crippen molar-refractivity contribution in [3.8, 4) is 11.5 Å². The molecule has 1 aliphatic rings. The number of carbonyl (C=O) groups is 1. The molecule has 1 fully saturated rings. The van der Waals surface area contributed by atoms with Crippen molar-refractivity contribution < 1.29 is 13.9 Å².